The summed E-state index contributed by atoms with van der Waals surface area (Å²) >= 11 is 3.40. The molecular weight excluding hydrogens is 436 g/mol. The molecule has 0 bridgehead atoms. The lowest BCUT2D eigenvalue weighted by atomic mass is 10.1. The summed E-state index contributed by atoms with van der Waals surface area (Å²) in [5.74, 6) is -0.215. The molecule has 0 spiro atoms. The fourth-order valence-corrected chi connectivity index (χ4v) is 3.53. The number of benzene rings is 1. The van der Waals surface area contributed by atoms with E-state index in [1.54, 1.807) is 11.7 Å². The van der Waals surface area contributed by atoms with Crippen LogP contribution in [0.4, 0.5) is 5.82 Å². The molecule has 0 saturated heterocycles. The quantitative estimate of drug-likeness (QED) is 0.618. The van der Waals surface area contributed by atoms with Crippen LogP contribution < -0.4 is 10.0 Å². The molecule has 3 rings (SSSR count). The predicted molar refractivity (Wildman–Crippen MR) is 104 cm³/mol. The highest BCUT2D eigenvalue weighted by Crippen LogP contribution is 2.32. The first-order valence-corrected chi connectivity index (χ1v) is 10.1. The number of aryl methyl sites for hydroxylation is 2. The van der Waals surface area contributed by atoms with Crippen LogP contribution in [0.1, 0.15) is 16.2 Å². The number of furan rings is 1. The number of hydrogen-bond acceptors (Lipinski definition) is 5. The Labute approximate surface area is 164 Å². The molecule has 3 aromatic rings. The summed E-state index contributed by atoms with van der Waals surface area (Å²) in [7, 11) is -0.785. The zero-order valence-electron chi connectivity index (χ0n) is 14.8. The highest BCUT2D eigenvalue weighted by atomic mass is 79.9. The molecule has 0 radical (unpaired) electrons. The van der Waals surface area contributed by atoms with E-state index in [-0.39, 0.29) is 10.9 Å². The molecule has 0 unspecified atom stereocenters. The second kappa shape index (κ2) is 7.29. The van der Waals surface area contributed by atoms with Crippen molar-refractivity contribution in [1.82, 2.24) is 14.5 Å². The second-order valence-corrected chi connectivity index (χ2v) is 8.45. The monoisotopic (exact) mass is 452 g/mol. The molecule has 142 valence electrons. The van der Waals surface area contributed by atoms with Crippen LogP contribution in [0.3, 0.4) is 0 Å². The van der Waals surface area contributed by atoms with Crippen LogP contribution in [-0.2, 0) is 17.1 Å². The van der Waals surface area contributed by atoms with Crippen molar-refractivity contribution < 1.29 is 17.6 Å². The summed E-state index contributed by atoms with van der Waals surface area (Å²) in [6, 6.07) is 10.2. The van der Waals surface area contributed by atoms with Crippen molar-refractivity contribution in [2.24, 2.45) is 7.05 Å². The van der Waals surface area contributed by atoms with Gasteiger partial charge in [0.15, 0.2) is 5.76 Å². The minimum Gasteiger partial charge on any atom is -0.438 e. The van der Waals surface area contributed by atoms with Crippen molar-refractivity contribution >= 4 is 37.7 Å². The number of carbonyl (C=O) groups excluding carboxylic acids is 1. The summed E-state index contributed by atoms with van der Waals surface area (Å²) in [4.78, 5) is 12.6. The number of nitrogens with one attached hydrogen (secondary N) is 2. The molecule has 1 aromatic carbocycles. The van der Waals surface area contributed by atoms with Crippen LogP contribution in [-0.4, -0.2) is 31.2 Å². The van der Waals surface area contributed by atoms with Crippen molar-refractivity contribution in [3.8, 4) is 11.1 Å². The molecule has 8 nitrogen and oxygen atoms in total. The molecular formula is C17H17BrN4O4S. The lowest BCUT2D eigenvalue weighted by Gasteiger charge is -2.08. The Morgan fingerprint density at radius 3 is 2.48 bits per heavy atom. The van der Waals surface area contributed by atoms with Gasteiger partial charge in [0.2, 0.25) is 5.09 Å². The number of hydrogen-bond donors (Lipinski definition) is 2. The summed E-state index contributed by atoms with van der Waals surface area (Å²) in [6.07, 6.45) is 0. The minimum absolute atomic E-state index is 0.121. The summed E-state index contributed by atoms with van der Waals surface area (Å²) in [6.45, 7) is 1.84. The van der Waals surface area contributed by atoms with E-state index in [2.05, 4.69) is 31.1 Å². The van der Waals surface area contributed by atoms with E-state index in [0.717, 1.165) is 21.3 Å². The molecule has 1 amide bonds. The third-order valence-electron chi connectivity index (χ3n) is 3.93. The van der Waals surface area contributed by atoms with Gasteiger partial charge in [0.1, 0.15) is 5.82 Å². The van der Waals surface area contributed by atoms with E-state index in [1.165, 1.54) is 19.2 Å². The van der Waals surface area contributed by atoms with E-state index < -0.39 is 15.9 Å². The Kier molecular flexibility index (Phi) is 5.22. The van der Waals surface area contributed by atoms with Crippen molar-refractivity contribution in [1.29, 1.82) is 0 Å². The maximum Gasteiger partial charge on any atom is 0.292 e. The normalized spacial score (nSPS) is 11.6. The van der Waals surface area contributed by atoms with Gasteiger partial charge in [-0.25, -0.2) is 13.1 Å². The molecule has 0 saturated carbocycles. The standard InChI is InChI=1S/C17H17BrN4O4S/c1-10-15(11-4-6-12(18)7-5-11)16(22(3)21-10)20-17(23)13-8-9-14(26-13)27(24,25)19-2/h4-9,19H,1-3H3,(H,20,23). The maximum atomic E-state index is 12.6. The van der Waals surface area contributed by atoms with E-state index in [0.29, 0.717) is 5.82 Å². The highest BCUT2D eigenvalue weighted by molar-refractivity contribution is 9.10. The number of carbonyl (C=O) groups is 1. The molecule has 0 aliphatic carbocycles. The number of halogens is 1. The Morgan fingerprint density at radius 1 is 1.19 bits per heavy atom. The van der Waals surface area contributed by atoms with Gasteiger partial charge in [-0.3, -0.25) is 9.48 Å². The maximum absolute atomic E-state index is 12.6. The zero-order chi connectivity index (χ0) is 19.8. The van der Waals surface area contributed by atoms with Crippen LogP contribution in [0, 0.1) is 6.92 Å². The first-order chi connectivity index (χ1) is 12.7. The summed E-state index contributed by atoms with van der Waals surface area (Å²) in [5.41, 5.74) is 2.40. The molecule has 2 heterocycles. The van der Waals surface area contributed by atoms with Crippen LogP contribution in [0.25, 0.3) is 11.1 Å². The highest BCUT2D eigenvalue weighted by Gasteiger charge is 2.22. The second-order valence-electron chi connectivity index (χ2n) is 5.72. The van der Waals surface area contributed by atoms with Crippen LogP contribution >= 0.6 is 15.9 Å². The minimum atomic E-state index is -3.76. The van der Waals surface area contributed by atoms with E-state index >= 15 is 0 Å². The first-order valence-electron chi connectivity index (χ1n) is 7.87. The van der Waals surface area contributed by atoms with Gasteiger partial charge in [0.05, 0.1) is 5.69 Å². The number of anilines is 1. The number of nitrogens with zero attached hydrogens (tertiary/aromatic N) is 2. The molecule has 27 heavy (non-hydrogen) atoms. The molecule has 0 atom stereocenters. The van der Waals surface area contributed by atoms with Crippen molar-refractivity contribution in [3.63, 3.8) is 0 Å². The van der Waals surface area contributed by atoms with Crippen molar-refractivity contribution in [2.75, 3.05) is 12.4 Å². The van der Waals surface area contributed by atoms with Gasteiger partial charge in [-0.05, 0) is 43.8 Å². The van der Waals surface area contributed by atoms with E-state index in [1.807, 2.05) is 31.2 Å². The first kappa shape index (κ1) is 19.3. The van der Waals surface area contributed by atoms with Crippen LogP contribution in [0.15, 0.2) is 50.4 Å². The lowest BCUT2D eigenvalue weighted by Crippen LogP contribution is -2.18. The average Bonchev–Trinajstić information content (AvgIpc) is 3.22. The average molecular weight is 453 g/mol. The number of rotatable bonds is 5. The third-order valence-corrected chi connectivity index (χ3v) is 5.74. The van der Waals surface area contributed by atoms with Crippen LogP contribution in [0.5, 0.6) is 0 Å². The number of amides is 1. The predicted octanol–water partition coefficient (Wildman–Crippen LogP) is 2.91. The Morgan fingerprint density at radius 2 is 1.85 bits per heavy atom. The van der Waals surface area contributed by atoms with Crippen LogP contribution in [0.2, 0.25) is 0 Å². The Bertz CT molecular complexity index is 1100. The largest absolute Gasteiger partial charge is 0.438 e. The molecule has 10 heteroatoms. The van der Waals surface area contributed by atoms with Gasteiger partial charge >= 0.3 is 0 Å². The van der Waals surface area contributed by atoms with Gasteiger partial charge in [-0.2, -0.15) is 5.10 Å². The zero-order valence-corrected chi connectivity index (χ0v) is 17.2. The summed E-state index contributed by atoms with van der Waals surface area (Å²) < 4.78 is 33.3. The molecule has 0 fully saturated rings. The Hall–Kier alpha value is -2.43. The lowest BCUT2D eigenvalue weighted by molar-refractivity contribution is 0.0990. The van der Waals surface area contributed by atoms with Gasteiger partial charge in [0.25, 0.3) is 15.9 Å². The van der Waals surface area contributed by atoms with Gasteiger partial charge in [0, 0.05) is 17.1 Å². The van der Waals surface area contributed by atoms with Gasteiger partial charge < -0.3 is 9.73 Å². The Balaban J connectivity index is 1.94. The fraction of sp³-hybridized carbons (Fsp3) is 0.176. The number of aromatic nitrogens is 2. The van der Waals surface area contributed by atoms with Crippen molar-refractivity contribution in [2.45, 2.75) is 12.0 Å². The van der Waals surface area contributed by atoms with Gasteiger partial charge in [-0.1, -0.05) is 28.1 Å². The molecule has 2 aromatic heterocycles. The van der Waals surface area contributed by atoms with E-state index in [9.17, 15) is 13.2 Å². The van der Waals surface area contributed by atoms with E-state index in [4.69, 9.17) is 4.42 Å². The molecule has 0 aliphatic rings. The summed E-state index contributed by atoms with van der Waals surface area (Å²) in [5, 5.41) is 6.79. The molecule has 2 N–H and O–H groups in total. The fourth-order valence-electron chi connectivity index (χ4n) is 2.62. The number of sulfonamides is 1. The SMILES string of the molecule is CNS(=O)(=O)c1ccc(C(=O)Nc2c(-c3ccc(Br)cc3)c(C)nn2C)o1. The van der Waals surface area contributed by atoms with Gasteiger partial charge in [-0.15, -0.1) is 0 Å². The molecule has 0 aliphatic heterocycles. The topological polar surface area (TPSA) is 106 Å². The smallest absolute Gasteiger partial charge is 0.292 e. The third kappa shape index (κ3) is 3.82. The van der Waals surface area contributed by atoms with Crippen molar-refractivity contribution in [3.05, 3.63) is 52.3 Å².